The molecule has 0 spiro atoms. The Morgan fingerprint density at radius 3 is 2.72 bits per heavy atom. The molecule has 12 heteroatoms. The molecule has 1 saturated heterocycles. The second kappa shape index (κ2) is 7.61. The van der Waals surface area contributed by atoms with E-state index < -0.39 is 17.7 Å². The maximum atomic E-state index is 13.2. The minimum absolute atomic E-state index is 0.0160. The standard InChI is InChI=1S/C17H18F3IN6O2/c1-2-22-14-9(17(18,19)20)6-23-16(25-14)24-12-5-11(26-27(12)8-3-4-8)13-10(21)7-29-15(13)28/h5-6,8,10,13H,2-4,7H2,1H3,(H2,22,23,24,25)/t10-,13?/m0/s1. The Morgan fingerprint density at radius 1 is 1.38 bits per heavy atom. The van der Waals surface area contributed by atoms with Gasteiger partial charge in [0.1, 0.15) is 29.7 Å². The first-order valence-corrected chi connectivity index (χ1v) is 10.4. The lowest BCUT2D eigenvalue weighted by Gasteiger charge is -2.14. The predicted octanol–water partition coefficient (Wildman–Crippen LogP) is 3.65. The smallest absolute Gasteiger partial charge is 0.421 e. The fraction of sp³-hybridized carbons (Fsp3) is 0.529. The topological polar surface area (TPSA) is 94.0 Å². The van der Waals surface area contributed by atoms with Crippen LogP contribution in [0, 0.1) is 0 Å². The number of alkyl halides is 4. The number of ether oxygens (including phenoxy) is 1. The number of carbonyl (C=O) groups excluding carboxylic acids is 1. The number of nitrogens with zero attached hydrogens (tertiary/aromatic N) is 4. The van der Waals surface area contributed by atoms with Gasteiger partial charge < -0.3 is 15.4 Å². The van der Waals surface area contributed by atoms with Crippen LogP contribution in [0.25, 0.3) is 0 Å². The first-order valence-electron chi connectivity index (χ1n) is 9.13. The number of halogens is 4. The zero-order chi connectivity index (χ0) is 20.8. The summed E-state index contributed by atoms with van der Waals surface area (Å²) in [5.41, 5.74) is -0.358. The highest BCUT2D eigenvalue weighted by Crippen LogP contribution is 2.40. The van der Waals surface area contributed by atoms with Crippen molar-refractivity contribution in [2.45, 2.75) is 41.8 Å². The summed E-state index contributed by atoms with van der Waals surface area (Å²) < 4.78 is 46.3. The number of aromatic nitrogens is 4. The third kappa shape index (κ3) is 4.12. The summed E-state index contributed by atoms with van der Waals surface area (Å²) in [5.74, 6) is -0.532. The lowest BCUT2D eigenvalue weighted by molar-refractivity contribution is -0.139. The summed E-state index contributed by atoms with van der Waals surface area (Å²) in [6.07, 6.45) is -1.93. The molecule has 3 heterocycles. The second-order valence-electron chi connectivity index (χ2n) is 6.86. The van der Waals surface area contributed by atoms with E-state index in [0.717, 1.165) is 19.0 Å². The molecule has 1 saturated carbocycles. The SMILES string of the molecule is CCNc1nc(Nc2cc(C3C(=O)OC[C@@H]3I)nn2C2CC2)ncc1C(F)(F)F. The molecule has 4 rings (SSSR count). The van der Waals surface area contributed by atoms with Gasteiger partial charge in [-0.2, -0.15) is 23.3 Å². The first kappa shape index (κ1) is 20.2. The second-order valence-corrected chi connectivity index (χ2v) is 8.46. The van der Waals surface area contributed by atoms with E-state index in [-0.39, 0.29) is 34.2 Å². The Morgan fingerprint density at radius 2 is 2.14 bits per heavy atom. The molecule has 0 aromatic carbocycles. The Balaban J connectivity index is 1.65. The van der Waals surface area contributed by atoms with E-state index in [1.807, 2.05) is 0 Å². The van der Waals surface area contributed by atoms with Crippen LogP contribution in [0.15, 0.2) is 12.3 Å². The van der Waals surface area contributed by atoms with Crippen LogP contribution in [0.3, 0.4) is 0 Å². The number of carbonyl (C=O) groups is 1. The molecule has 2 atom stereocenters. The van der Waals surface area contributed by atoms with E-state index in [2.05, 4.69) is 48.3 Å². The fourth-order valence-corrected chi connectivity index (χ4v) is 3.97. The summed E-state index contributed by atoms with van der Waals surface area (Å²) in [4.78, 5) is 19.9. The minimum Gasteiger partial charge on any atom is -0.464 e. The van der Waals surface area contributed by atoms with Gasteiger partial charge in [0.2, 0.25) is 5.95 Å². The van der Waals surface area contributed by atoms with Gasteiger partial charge in [0.05, 0.1) is 15.7 Å². The molecular formula is C17H18F3IN6O2. The lowest BCUT2D eigenvalue weighted by Crippen LogP contribution is -2.15. The summed E-state index contributed by atoms with van der Waals surface area (Å²) in [5, 5.41) is 10.1. The molecule has 1 unspecified atom stereocenters. The normalized spacial score (nSPS) is 21.9. The molecule has 0 radical (unpaired) electrons. The first-order chi connectivity index (χ1) is 13.8. The molecule has 2 aliphatic rings. The average Bonchev–Trinajstić information content (AvgIpc) is 3.33. The Bertz CT molecular complexity index is 930. The summed E-state index contributed by atoms with van der Waals surface area (Å²) in [6.45, 7) is 2.30. The monoisotopic (exact) mass is 522 g/mol. The number of hydrogen-bond acceptors (Lipinski definition) is 7. The molecule has 2 fully saturated rings. The molecule has 29 heavy (non-hydrogen) atoms. The lowest BCUT2D eigenvalue weighted by atomic mass is 10.0. The van der Waals surface area contributed by atoms with Crippen molar-refractivity contribution in [2.24, 2.45) is 0 Å². The highest BCUT2D eigenvalue weighted by Gasteiger charge is 2.40. The molecule has 0 amide bonds. The number of anilines is 3. The van der Waals surface area contributed by atoms with E-state index in [9.17, 15) is 18.0 Å². The summed E-state index contributed by atoms with van der Waals surface area (Å²) >= 11 is 2.16. The van der Waals surface area contributed by atoms with Gasteiger partial charge in [-0.15, -0.1) is 0 Å². The maximum absolute atomic E-state index is 13.2. The average molecular weight is 522 g/mol. The molecule has 1 aliphatic heterocycles. The van der Waals surface area contributed by atoms with Crippen LogP contribution in [0.1, 0.15) is 43.0 Å². The van der Waals surface area contributed by atoms with Crippen molar-refractivity contribution in [1.82, 2.24) is 19.7 Å². The Labute approximate surface area is 177 Å². The van der Waals surface area contributed by atoms with Gasteiger partial charge in [0.25, 0.3) is 0 Å². The van der Waals surface area contributed by atoms with Crippen molar-refractivity contribution in [3.05, 3.63) is 23.5 Å². The largest absolute Gasteiger partial charge is 0.464 e. The van der Waals surface area contributed by atoms with Gasteiger partial charge in [0, 0.05) is 18.8 Å². The Hall–Kier alpha value is -2.12. The number of nitrogens with one attached hydrogen (secondary N) is 2. The van der Waals surface area contributed by atoms with Gasteiger partial charge in [0.15, 0.2) is 0 Å². The maximum Gasteiger partial charge on any atom is 0.421 e. The minimum atomic E-state index is -4.56. The van der Waals surface area contributed by atoms with E-state index in [4.69, 9.17) is 4.74 Å². The number of esters is 1. The molecular weight excluding hydrogens is 504 g/mol. The van der Waals surface area contributed by atoms with Crippen LogP contribution in [-0.2, 0) is 15.7 Å². The van der Waals surface area contributed by atoms with Crippen molar-refractivity contribution >= 4 is 46.1 Å². The van der Waals surface area contributed by atoms with Crippen LogP contribution in [-0.4, -0.2) is 42.8 Å². The molecule has 0 bridgehead atoms. The van der Waals surface area contributed by atoms with Crippen LogP contribution >= 0.6 is 22.6 Å². The predicted molar refractivity (Wildman–Crippen MR) is 106 cm³/mol. The third-order valence-electron chi connectivity index (χ3n) is 4.64. The zero-order valence-corrected chi connectivity index (χ0v) is 17.5. The van der Waals surface area contributed by atoms with Gasteiger partial charge >= 0.3 is 12.1 Å². The van der Waals surface area contributed by atoms with Crippen LogP contribution in [0.2, 0.25) is 0 Å². The zero-order valence-electron chi connectivity index (χ0n) is 15.3. The number of cyclic esters (lactones) is 1. The van der Waals surface area contributed by atoms with Crippen LogP contribution < -0.4 is 10.6 Å². The summed E-state index contributed by atoms with van der Waals surface area (Å²) in [6, 6.07) is 1.90. The molecule has 8 nitrogen and oxygen atoms in total. The molecule has 2 aromatic heterocycles. The van der Waals surface area contributed by atoms with Crippen molar-refractivity contribution < 1.29 is 22.7 Å². The van der Waals surface area contributed by atoms with E-state index >= 15 is 0 Å². The van der Waals surface area contributed by atoms with Gasteiger partial charge in [-0.3, -0.25) is 4.79 Å². The van der Waals surface area contributed by atoms with Crippen molar-refractivity contribution in [3.63, 3.8) is 0 Å². The highest BCUT2D eigenvalue weighted by molar-refractivity contribution is 14.1. The van der Waals surface area contributed by atoms with Crippen molar-refractivity contribution in [3.8, 4) is 0 Å². The molecule has 2 aromatic rings. The van der Waals surface area contributed by atoms with Gasteiger partial charge in [-0.1, -0.05) is 22.6 Å². The van der Waals surface area contributed by atoms with E-state index in [1.165, 1.54) is 0 Å². The number of rotatable bonds is 6. The van der Waals surface area contributed by atoms with Gasteiger partial charge in [-0.25, -0.2) is 9.67 Å². The molecule has 2 N–H and O–H groups in total. The van der Waals surface area contributed by atoms with Crippen LogP contribution in [0.4, 0.5) is 30.8 Å². The fourth-order valence-electron chi connectivity index (χ4n) is 3.12. The van der Waals surface area contributed by atoms with Gasteiger partial charge in [-0.05, 0) is 19.8 Å². The van der Waals surface area contributed by atoms with Crippen molar-refractivity contribution in [1.29, 1.82) is 0 Å². The van der Waals surface area contributed by atoms with E-state index in [1.54, 1.807) is 17.7 Å². The van der Waals surface area contributed by atoms with Crippen LogP contribution in [0.5, 0.6) is 0 Å². The quantitative estimate of drug-likeness (QED) is 0.340. The summed E-state index contributed by atoms with van der Waals surface area (Å²) in [7, 11) is 0. The highest BCUT2D eigenvalue weighted by atomic mass is 127. The van der Waals surface area contributed by atoms with E-state index in [0.29, 0.717) is 18.1 Å². The van der Waals surface area contributed by atoms with Crippen molar-refractivity contribution in [2.75, 3.05) is 23.8 Å². The third-order valence-corrected chi connectivity index (χ3v) is 5.72. The molecule has 156 valence electrons. The number of hydrogen-bond donors (Lipinski definition) is 2. The Kier molecular flexibility index (Phi) is 5.29. The molecule has 1 aliphatic carbocycles.